The van der Waals surface area contributed by atoms with Crippen molar-refractivity contribution in [3.8, 4) is 0 Å². The van der Waals surface area contributed by atoms with Gasteiger partial charge < -0.3 is 15.2 Å². The summed E-state index contributed by atoms with van der Waals surface area (Å²) in [6, 6.07) is -0.867. The van der Waals surface area contributed by atoms with Gasteiger partial charge in [-0.05, 0) is 31.1 Å². The molecule has 1 rings (SSSR count). The molecule has 1 aliphatic rings. The van der Waals surface area contributed by atoms with Crippen molar-refractivity contribution in [2.45, 2.75) is 58.1 Å². The molecular weight excluding hydrogens is 274 g/mol. The summed E-state index contributed by atoms with van der Waals surface area (Å²) < 4.78 is 4.72. The first-order valence-corrected chi connectivity index (χ1v) is 7.43. The molecule has 0 heterocycles. The van der Waals surface area contributed by atoms with Crippen LogP contribution in [0.1, 0.15) is 46.0 Å². The van der Waals surface area contributed by atoms with Crippen molar-refractivity contribution in [2.24, 2.45) is 11.8 Å². The van der Waals surface area contributed by atoms with Crippen LogP contribution in [0.5, 0.6) is 0 Å². The molecule has 0 aliphatic heterocycles. The molecule has 0 aromatic rings. The van der Waals surface area contributed by atoms with E-state index in [2.05, 4.69) is 5.32 Å². The average Bonchev–Trinajstić information content (AvgIpc) is 2.42. The lowest BCUT2D eigenvalue weighted by Crippen LogP contribution is -2.51. The Balaban J connectivity index is 2.72. The van der Waals surface area contributed by atoms with Crippen LogP contribution < -0.4 is 5.32 Å². The Morgan fingerprint density at radius 2 is 2.10 bits per heavy atom. The second-order valence-corrected chi connectivity index (χ2v) is 6.05. The van der Waals surface area contributed by atoms with Crippen molar-refractivity contribution in [2.75, 3.05) is 7.11 Å². The molecule has 1 amide bonds. The Morgan fingerprint density at radius 1 is 1.43 bits per heavy atom. The number of rotatable bonds is 6. The van der Waals surface area contributed by atoms with Gasteiger partial charge in [0.25, 0.3) is 0 Å². The molecule has 0 unspecified atom stereocenters. The third-order valence-corrected chi connectivity index (χ3v) is 3.74. The van der Waals surface area contributed by atoms with Gasteiger partial charge in [-0.15, -0.1) is 0 Å². The predicted molar refractivity (Wildman–Crippen MR) is 76.4 cm³/mol. The summed E-state index contributed by atoms with van der Waals surface area (Å²) in [6.07, 6.45) is 1.35. The van der Waals surface area contributed by atoms with Gasteiger partial charge in [-0.2, -0.15) is 0 Å². The summed E-state index contributed by atoms with van der Waals surface area (Å²) in [5.74, 6) is -1.15. The van der Waals surface area contributed by atoms with Crippen LogP contribution in [0.15, 0.2) is 0 Å². The zero-order valence-electron chi connectivity index (χ0n) is 12.9. The number of carbonyl (C=O) groups excluding carboxylic acids is 3. The Bertz CT molecular complexity index is 394. The van der Waals surface area contributed by atoms with Gasteiger partial charge in [0, 0.05) is 12.8 Å². The highest BCUT2D eigenvalue weighted by molar-refractivity contribution is 5.88. The van der Waals surface area contributed by atoms with Gasteiger partial charge in [-0.3, -0.25) is 9.59 Å². The lowest BCUT2D eigenvalue weighted by atomic mass is 9.83. The molecule has 120 valence electrons. The Kier molecular flexibility index (Phi) is 6.81. The quantitative estimate of drug-likeness (QED) is 0.708. The van der Waals surface area contributed by atoms with Gasteiger partial charge in [0.1, 0.15) is 17.9 Å². The minimum Gasteiger partial charge on any atom is -0.467 e. The van der Waals surface area contributed by atoms with Crippen molar-refractivity contribution >= 4 is 17.7 Å². The third-order valence-electron chi connectivity index (χ3n) is 3.74. The summed E-state index contributed by atoms with van der Waals surface area (Å²) in [6.45, 7) is 3.79. The summed E-state index contributed by atoms with van der Waals surface area (Å²) in [7, 11) is 1.25. The second-order valence-electron chi connectivity index (χ2n) is 6.05. The van der Waals surface area contributed by atoms with E-state index in [9.17, 15) is 19.5 Å². The van der Waals surface area contributed by atoms with E-state index in [-0.39, 0.29) is 24.0 Å². The number of carbonyl (C=O) groups is 3. The van der Waals surface area contributed by atoms with Crippen LogP contribution in [-0.4, -0.2) is 42.0 Å². The second kappa shape index (κ2) is 8.12. The van der Waals surface area contributed by atoms with E-state index < -0.39 is 24.0 Å². The number of ether oxygens (including phenoxy) is 1. The van der Waals surface area contributed by atoms with E-state index in [1.54, 1.807) is 0 Å². The minimum absolute atomic E-state index is 0.0946. The van der Waals surface area contributed by atoms with Crippen LogP contribution >= 0.6 is 0 Å². The van der Waals surface area contributed by atoms with Gasteiger partial charge in [0.2, 0.25) is 5.91 Å². The standard InChI is InChI=1S/C15H25NO5/c1-9(2)7-12(18)14(19)16-13(15(20)21-3)10-5-4-6-11(17)8-10/h9-10,12-13,18H,4-8H2,1-3H3,(H,16,19)/t10-,12+,13-/m1/s1. The van der Waals surface area contributed by atoms with Gasteiger partial charge >= 0.3 is 5.97 Å². The van der Waals surface area contributed by atoms with E-state index >= 15 is 0 Å². The van der Waals surface area contributed by atoms with Crippen LogP contribution in [0.2, 0.25) is 0 Å². The highest BCUT2D eigenvalue weighted by Crippen LogP contribution is 2.25. The first kappa shape index (κ1) is 17.6. The molecule has 0 aromatic carbocycles. The molecule has 1 fully saturated rings. The van der Waals surface area contributed by atoms with Crippen LogP contribution in [-0.2, 0) is 19.1 Å². The Hall–Kier alpha value is -1.43. The number of nitrogens with one attached hydrogen (secondary N) is 1. The van der Waals surface area contributed by atoms with Crippen molar-refractivity contribution in [1.29, 1.82) is 0 Å². The normalized spacial score (nSPS) is 21.8. The van der Waals surface area contributed by atoms with Crippen LogP contribution in [0.4, 0.5) is 0 Å². The van der Waals surface area contributed by atoms with Crippen LogP contribution in [0, 0.1) is 11.8 Å². The molecule has 0 saturated heterocycles. The summed E-state index contributed by atoms with van der Waals surface area (Å²) >= 11 is 0. The Labute approximate surface area is 125 Å². The predicted octanol–water partition coefficient (Wildman–Crippen LogP) is 0.810. The molecule has 21 heavy (non-hydrogen) atoms. The molecule has 0 aromatic heterocycles. The van der Waals surface area contributed by atoms with E-state index in [0.29, 0.717) is 25.7 Å². The molecule has 3 atom stereocenters. The van der Waals surface area contributed by atoms with E-state index in [1.807, 2.05) is 13.8 Å². The number of Topliss-reactive ketones (excluding diaryl/α,β-unsaturated/α-hetero) is 1. The monoisotopic (exact) mass is 299 g/mol. The number of amides is 1. The smallest absolute Gasteiger partial charge is 0.328 e. The number of hydrogen-bond acceptors (Lipinski definition) is 5. The maximum Gasteiger partial charge on any atom is 0.328 e. The van der Waals surface area contributed by atoms with E-state index in [0.717, 1.165) is 0 Å². The lowest BCUT2D eigenvalue weighted by Gasteiger charge is -2.29. The zero-order chi connectivity index (χ0) is 16.0. The van der Waals surface area contributed by atoms with Gasteiger partial charge in [-0.1, -0.05) is 13.8 Å². The van der Waals surface area contributed by atoms with Crippen molar-refractivity contribution in [3.63, 3.8) is 0 Å². The lowest BCUT2D eigenvalue weighted by molar-refractivity contribution is -0.148. The number of aliphatic hydroxyl groups excluding tert-OH is 1. The minimum atomic E-state index is -1.16. The van der Waals surface area contributed by atoms with Gasteiger partial charge in [-0.25, -0.2) is 4.79 Å². The van der Waals surface area contributed by atoms with Gasteiger partial charge in [0.15, 0.2) is 0 Å². The molecule has 1 aliphatic carbocycles. The fourth-order valence-electron chi connectivity index (χ4n) is 2.64. The number of esters is 1. The van der Waals surface area contributed by atoms with Crippen molar-refractivity contribution < 1.29 is 24.2 Å². The molecule has 0 bridgehead atoms. The van der Waals surface area contributed by atoms with E-state index in [4.69, 9.17) is 4.74 Å². The van der Waals surface area contributed by atoms with Crippen LogP contribution in [0.25, 0.3) is 0 Å². The molecular formula is C15H25NO5. The zero-order valence-corrected chi connectivity index (χ0v) is 12.9. The molecule has 6 heteroatoms. The largest absolute Gasteiger partial charge is 0.467 e. The van der Waals surface area contributed by atoms with Gasteiger partial charge in [0.05, 0.1) is 7.11 Å². The fraction of sp³-hybridized carbons (Fsp3) is 0.800. The SMILES string of the molecule is COC(=O)[C@H](NC(=O)[C@@H](O)CC(C)C)[C@@H]1CCCC(=O)C1. The summed E-state index contributed by atoms with van der Waals surface area (Å²) in [5, 5.41) is 12.4. The topological polar surface area (TPSA) is 92.7 Å². The summed E-state index contributed by atoms with van der Waals surface area (Å²) in [4.78, 5) is 35.4. The van der Waals surface area contributed by atoms with Crippen molar-refractivity contribution in [1.82, 2.24) is 5.32 Å². The molecule has 1 saturated carbocycles. The number of aliphatic hydroxyl groups is 1. The highest BCUT2D eigenvalue weighted by atomic mass is 16.5. The molecule has 6 nitrogen and oxygen atoms in total. The highest BCUT2D eigenvalue weighted by Gasteiger charge is 2.35. The first-order chi connectivity index (χ1) is 9.85. The average molecular weight is 299 g/mol. The summed E-state index contributed by atoms with van der Waals surface area (Å²) in [5.41, 5.74) is 0. The maximum absolute atomic E-state index is 12.0. The number of methoxy groups -OCH3 is 1. The van der Waals surface area contributed by atoms with Crippen molar-refractivity contribution in [3.05, 3.63) is 0 Å². The van der Waals surface area contributed by atoms with Crippen LogP contribution in [0.3, 0.4) is 0 Å². The first-order valence-electron chi connectivity index (χ1n) is 7.43. The molecule has 0 radical (unpaired) electrons. The Morgan fingerprint density at radius 3 is 2.62 bits per heavy atom. The third kappa shape index (κ3) is 5.46. The molecule has 0 spiro atoms. The maximum atomic E-state index is 12.0. The fourth-order valence-corrected chi connectivity index (χ4v) is 2.64. The number of ketones is 1. The number of hydrogen-bond donors (Lipinski definition) is 2. The molecule has 2 N–H and O–H groups in total. The van der Waals surface area contributed by atoms with E-state index in [1.165, 1.54) is 7.11 Å².